The SMILES string of the molecule is CCOc1ccc(/C=C(\NC(=O)c2ccccc2)C(=O)Nc2ccc(SC(C)C(=O)Nc3ccc(I)cc3)cc2)cc1. The number of hydrogen-bond donors (Lipinski definition) is 3. The standard InChI is InChI=1S/C33H30IN3O4S/c1-3-41-28-17-9-23(10-18-28)21-30(37-32(39)24-7-5-4-6-8-24)33(40)36-27-15-19-29(20-16-27)42-22(2)31(38)35-26-13-11-25(34)12-14-26/h4-22H,3H2,1-2H3,(H,35,38)(H,36,40)(H,37,39)/b30-21-. The summed E-state index contributed by atoms with van der Waals surface area (Å²) in [5, 5.41) is 8.20. The van der Waals surface area contributed by atoms with E-state index in [0.29, 0.717) is 23.6 Å². The third-order valence-electron chi connectivity index (χ3n) is 5.94. The van der Waals surface area contributed by atoms with Crippen LogP contribution in [0.25, 0.3) is 6.08 Å². The van der Waals surface area contributed by atoms with E-state index >= 15 is 0 Å². The quantitative estimate of drug-likeness (QED) is 0.0878. The normalized spacial score (nSPS) is 11.7. The van der Waals surface area contributed by atoms with Gasteiger partial charge in [0.2, 0.25) is 5.91 Å². The van der Waals surface area contributed by atoms with E-state index in [4.69, 9.17) is 4.74 Å². The van der Waals surface area contributed by atoms with E-state index < -0.39 is 11.8 Å². The molecule has 0 aliphatic carbocycles. The van der Waals surface area contributed by atoms with Gasteiger partial charge in [0.25, 0.3) is 11.8 Å². The summed E-state index contributed by atoms with van der Waals surface area (Å²) in [6.45, 7) is 4.30. The first-order valence-electron chi connectivity index (χ1n) is 13.3. The average molecular weight is 692 g/mol. The average Bonchev–Trinajstić information content (AvgIpc) is 3.00. The molecule has 9 heteroatoms. The summed E-state index contributed by atoms with van der Waals surface area (Å²) in [4.78, 5) is 39.7. The Bertz CT molecular complexity index is 1540. The summed E-state index contributed by atoms with van der Waals surface area (Å²) in [7, 11) is 0. The molecule has 214 valence electrons. The van der Waals surface area contributed by atoms with Crippen LogP contribution in [0.4, 0.5) is 11.4 Å². The molecule has 0 spiro atoms. The number of carbonyl (C=O) groups excluding carboxylic acids is 3. The molecule has 0 aliphatic rings. The van der Waals surface area contributed by atoms with E-state index in [1.807, 2.05) is 80.6 Å². The molecule has 4 rings (SSSR count). The van der Waals surface area contributed by atoms with Crippen LogP contribution >= 0.6 is 34.4 Å². The van der Waals surface area contributed by atoms with Gasteiger partial charge in [-0.2, -0.15) is 0 Å². The molecule has 4 aromatic carbocycles. The maximum Gasteiger partial charge on any atom is 0.272 e. The molecule has 0 fully saturated rings. The van der Waals surface area contributed by atoms with Crippen molar-refractivity contribution in [3.05, 3.63) is 124 Å². The summed E-state index contributed by atoms with van der Waals surface area (Å²) in [5.41, 5.74) is 2.55. The lowest BCUT2D eigenvalue weighted by Gasteiger charge is -2.14. The van der Waals surface area contributed by atoms with Crippen molar-refractivity contribution in [1.82, 2.24) is 5.32 Å². The highest BCUT2D eigenvalue weighted by Crippen LogP contribution is 2.26. The van der Waals surface area contributed by atoms with Crippen LogP contribution in [-0.2, 0) is 9.59 Å². The van der Waals surface area contributed by atoms with Gasteiger partial charge in [0.1, 0.15) is 11.4 Å². The van der Waals surface area contributed by atoms with E-state index in [0.717, 1.165) is 19.7 Å². The van der Waals surface area contributed by atoms with Gasteiger partial charge in [0.15, 0.2) is 0 Å². The van der Waals surface area contributed by atoms with Gasteiger partial charge in [0.05, 0.1) is 11.9 Å². The van der Waals surface area contributed by atoms with Crippen LogP contribution in [0.1, 0.15) is 29.8 Å². The molecule has 42 heavy (non-hydrogen) atoms. The molecule has 1 unspecified atom stereocenters. The minimum absolute atomic E-state index is 0.0901. The Morgan fingerprint density at radius 1 is 0.833 bits per heavy atom. The summed E-state index contributed by atoms with van der Waals surface area (Å²) in [5.74, 6) is -0.253. The van der Waals surface area contributed by atoms with Gasteiger partial charge in [-0.05, 0) is 121 Å². The van der Waals surface area contributed by atoms with Gasteiger partial charge in [-0.15, -0.1) is 11.8 Å². The van der Waals surface area contributed by atoms with E-state index in [2.05, 4.69) is 38.5 Å². The van der Waals surface area contributed by atoms with E-state index in [9.17, 15) is 14.4 Å². The lowest BCUT2D eigenvalue weighted by atomic mass is 10.1. The molecule has 0 aliphatic heterocycles. The first-order valence-corrected chi connectivity index (χ1v) is 15.2. The molecular formula is C33H30IN3O4S. The molecule has 0 saturated carbocycles. The van der Waals surface area contributed by atoms with Crippen molar-refractivity contribution in [2.75, 3.05) is 17.2 Å². The van der Waals surface area contributed by atoms with E-state index in [1.54, 1.807) is 42.5 Å². The Labute approximate surface area is 263 Å². The molecule has 0 aromatic heterocycles. The molecule has 3 amide bonds. The monoisotopic (exact) mass is 691 g/mol. The molecule has 3 N–H and O–H groups in total. The number of anilines is 2. The number of benzene rings is 4. The second-order valence-corrected chi connectivity index (χ2v) is 11.8. The van der Waals surface area contributed by atoms with Crippen LogP contribution in [0.2, 0.25) is 0 Å². The highest BCUT2D eigenvalue weighted by molar-refractivity contribution is 14.1. The molecule has 0 saturated heterocycles. The maximum absolute atomic E-state index is 13.3. The minimum Gasteiger partial charge on any atom is -0.494 e. The molecular weight excluding hydrogens is 661 g/mol. The predicted molar refractivity (Wildman–Crippen MR) is 178 cm³/mol. The van der Waals surface area contributed by atoms with Crippen molar-refractivity contribution in [2.24, 2.45) is 0 Å². The summed E-state index contributed by atoms with van der Waals surface area (Å²) in [6.07, 6.45) is 1.62. The maximum atomic E-state index is 13.3. The van der Waals surface area contributed by atoms with Crippen LogP contribution in [0.3, 0.4) is 0 Å². The topological polar surface area (TPSA) is 96.5 Å². The number of carbonyl (C=O) groups is 3. The van der Waals surface area contributed by atoms with E-state index in [-0.39, 0.29) is 16.9 Å². The number of thioether (sulfide) groups is 1. The zero-order valence-corrected chi connectivity index (χ0v) is 26.1. The van der Waals surface area contributed by atoms with Crippen molar-refractivity contribution in [3.8, 4) is 5.75 Å². The Morgan fingerprint density at radius 3 is 2.10 bits per heavy atom. The lowest BCUT2D eigenvalue weighted by Crippen LogP contribution is -2.30. The highest BCUT2D eigenvalue weighted by atomic mass is 127. The Hall–Kier alpha value is -4.09. The fraction of sp³-hybridized carbons (Fsp3) is 0.121. The first kappa shape index (κ1) is 30.9. The van der Waals surface area contributed by atoms with Gasteiger partial charge in [-0.3, -0.25) is 14.4 Å². The molecule has 0 radical (unpaired) electrons. The summed E-state index contributed by atoms with van der Waals surface area (Å²) >= 11 is 3.63. The molecule has 4 aromatic rings. The number of ether oxygens (including phenoxy) is 1. The van der Waals surface area contributed by atoms with Crippen LogP contribution in [0.5, 0.6) is 5.75 Å². The van der Waals surface area contributed by atoms with Crippen molar-refractivity contribution in [1.29, 1.82) is 0 Å². The smallest absolute Gasteiger partial charge is 0.272 e. The number of rotatable bonds is 11. The van der Waals surface area contributed by atoms with Crippen molar-refractivity contribution >= 4 is 69.5 Å². The molecule has 1 atom stereocenters. The van der Waals surface area contributed by atoms with Crippen LogP contribution < -0.4 is 20.7 Å². The minimum atomic E-state index is -0.473. The highest BCUT2D eigenvalue weighted by Gasteiger charge is 2.17. The molecule has 0 heterocycles. The second-order valence-electron chi connectivity index (χ2n) is 9.11. The van der Waals surface area contributed by atoms with Gasteiger partial charge in [-0.25, -0.2) is 0 Å². The summed E-state index contributed by atoms with van der Waals surface area (Å²) < 4.78 is 6.59. The number of amides is 3. The third kappa shape index (κ3) is 9.22. The van der Waals surface area contributed by atoms with Gasteiger partial charge in [0, 0.05) is 25.4 Å². The Morgan fingerprint density at radius 2 is 1.45 bits per heavy atom. The van der Waals surface area contributed by atoms with Crippen LogP contribution in [0.15, 0.2) is 114 Å². The zero-order chi connectivity index (χ0) is 29.9. The fourth-order valence-electron chi connectivity index (χ4n) is 3.79. The van der Waals surface area contributed by atoms with E-state index in [1.165, 1.54) is 11.8 Å². The lowest BCUT2D eigenvalue weighted by molar-refractivity contribution is -0.115. The molecule has 0 bridgehead atoms. The second kappa shape index (κ2) is 15.2. The van der Waals surface area contributed by atoms with Crippen molar-refractivity contribution in [3.63, 3.8) is 0 Å². The van der Waals surface area contributed by atoms with Crippen LogP contribution in [0, 0.1) is 3.57 Å². The van der Waals surface area contributed by atoms with Crippen molar-refractivity contribution in [2.45, 2.75) is 24.0 Å². The third-order valence-corrected chi connectivity index (χ3v) is 7.77. The largest absolute Gasteiger partial charge is 0.494 e. The fourth-order valence-corrected chi connectivity index (χ4v) is 5.01. The first-order chi connectivity index (χ1) is 20.3. The van der Waals surface area contributed by atoms with Crippen LogP contribution in [-0.4, -0.2) is 29.6 Å². The van der Waals surface area contributed by atoms with Gasteiger partial charge in [-0.1, -0.05) is 30.3 Å². The number of nitrogens with one attached hydrogen (secondary N) is 3. The van der Waals surface area contributed by atoms with Gasteiger partial charge < -0.3 is 20.7 Å². The summed E-state index contributed by atoms with van der Waals surface area (Å²) in [6, 6.07) is 30.8. The Balaban J connectivity index is 1.43. The predicted octanol–water partition coefficient (Wildman–Crippen LogP) is 7.22. The molecule has 7 nitrogen and oxygen atoms in total. The Kier molecular flexibility index (Phi) is 11.2. The zero-order valence-electron chi connectivity index (χ0n) is 23.1. The van der Waals surface area contributed by atoms with Gasteiger partial charge >= 0.3 is 0 Å². The van der Waals surface area contributed by atoms with Crippen molar-refractivity contribution < 1.29 is 19.1 Å². The number of halogens is 1. The number of hydrogen-bond acceptors (Lipinski definition) is 5.